The highest BCUT2D eigenvalue weighted by atomic mass is 16.2. The van der Waals surface area contributed by atoms with Crippen molar-refractivity contribution in [3.63, 3.8) is 0 Å². The van der Waals surface area contributed by atoms with E-state index in [2.05, 4.69) is 16.0 Å². The van der Waals surface area contributed by atoms with Gasteiger partial charge in [-0.1, -0.05) is 12.1 Å². The van der Waals surface area contributed by atoms with Gasteiger partial charge in [0, 0.05) is 25.0 Å². The first kappa shape index (κ1) is 17.5. The molecule has 146 valence electrons. The zero-order valence-corrected chi connectivity index (χ0v) is 15.4. The van der Waals surface area contributed by atoms with Gasteiger partial charge in [0.2, 0.25) is 11.8 Å². The van der Waals surface area contributed by atoms with Gasteiger partial charge in [-0.05, 0) is 43.4 Å². The van der Waals surface area contributed by atoms with Crippen LogP contribution in [0.4, 0.5) is 0 Å². The molecule has 1 aromatic carbocycles. The fourth-order valence-corrected chi connectivity index (χ4v) is 4.76. The van der Waals surface area contributed by atoms with Gasteiger partial charge in [0.05, 0.1) is 11.1 Å². The number of nitrogens with zero attached hydrogens (tertiary/aromatic N) is 1. The molecule has 4 unspecified atom stereocenters. The van der Waals surface area contributed by atoms with E-state index in [0.29, 0.717) is 35.7 Å². The number of amides is 4. The number of rotatable bonds is 4. The summed E-state index contributed by atoms with van der Waals surface area (Å²) in [5, 5.41) is 9.26. The minimum Gasteiger partial charge on any atom is -0.314 e. The number of benzene rings is 1. The molecule has 1 aliphatic carbocycles. The molecule has 3 N–H and O–H groups in total. The molecule has 0 aromatic heterocycles. The first-order valence-electron chi connectivity index (χ1n) is 9.85. The Hall–Kier alpha value is -2.58. The van der Waals surface area contributed by atoms with Crippen LogP contribution in [-0.2, 0) is 16.1 Å². The average molecular weight is 382 g/mol. The highest BCUT2D eigenvalue weighted by Crippen LogP contribution is 2.38. The van der Waals surface area contributed by atoms with Crippen LogP contribution in [0.25, 0.3) is 0 Å². The van der Waals surface area contributed by atoms with E-state index in [0.717, 1.165) is 23.4 Å². The Balaban J connectivity index is 1.37. The highest BCUT2D eigenvalue weighted by Gasteiger charge is 2.47. The lowest BCUT2D eigenvalue weighted by Crippen LogP contribution is -2.54. The van der Waals surface area contributed by atoms with Crippen LogP contribution >= 0.6 is 0 Å². The second kappa shape index (κ2) is 6.49. The third kappa shape index (κ3) is 2.75. The van der Waals surface area contributed by atoms with E-state index in [1.165, 1.54) is 6.42 Å². The lowest BCUT2D eigenvalue weighted by molar-refractivity contribution is -0.136. The minimum atomic E-state index is -0.928. The molecule has 8 heteroatoms. The van der Waals surface area contributed by atoms with Gasteiger partial charge in [0.1, 0.15) is 6.04 Å². The Labute approximate surface area is 162 Å². The smallest absolute Gasteiger partial charge is 0.262 e. The summed E-state index contributed by atoms with van der Waals surface area (Å²) in [6, 6.07) is 5.36. The summed E-state index contributed by atoms with van der Waals surface area (Å²) in [7, 11) is 0. The fourth-order valence-electron chi connectivity index (χ4n) is 4.76. The van der Waals surface area contributed by atoms with E-state index in [9.17, 15) is 19.2 Å². The van der Waals surface area contributed by atoms with E-state index >= 15 is 0 Å². The molecular weight excluding hydrogens is 360 g/mol. The Kier molecular flexibility index (Phi) is 4.06. The van der Waals surface area contributed by atoms with Crippen molar-refractivity contribution >= 4 is 23.6 Å². The molecule has 0 radical (unpaired) electrons. The molecule has 2 saturated heterocycles. The van der Waals surface area contributed by atoms with E-state index in [1.807, 2.05) is 6.07 Å². The summed E-state index contributed by atoms with van der Waals surface area (Å²) in [5.41, 5.74) is 1.50. The van der Waals surface area contributed by atoms with Gasteiger partial charge in [-0.15, -0.1) is 0 Å². The molecule has 28 heavy (non-hydrogen) atoms. The highest BCUT2D eigenvalue weighted by molar-refractivity contribution is 6.24. The van der Waals surface area contributed by atoms with Crippen molar-refractivity contribution in [2.45, 2.75) is 50.4 Å². The third-order valence-electron chi connectivity index (χ3n) is 6.33. The van der Waals surface area contributed by atoms with Crippen LogP contribution in [-0.4, -0.2) is 53.2 Å². The van der Waals surface area contributed by atoms with Crippen LogP contribution in [0.3, 0.4) is 0 Å². The SMILES string of the molecule is O=C1CCC(N2C(=O)c3cccc(CNC4CCNC5CC45)c3C2=O)C(=O)N1. The fraction of sp³-hybridized carbons (Fsp3) is 0.500. The summed E-state index contributed by atoms with van der Waals surface area (Å²) in [5.74, 6) is -1.21. The van der Waals surface area contributed by atoms with Gasteiger partial charge in [-0.2, -0.15) is 0 Å². The first-order chi connectivity index (χ1) is 13.5. The van der Waals surface area contributed by atoms with E-state index in [1.54, 1.807) is 12.1 Å². The van der Waals surface area contributed by atoms with Crippen molar-refractivity contribution in [1.82, 2.24) is 20.9 Å². The predicted octanol–water partition coefficient (Wildman–Crippen LogP) is -0.0722. The normalized spacial score (nSPS) is 31.5. The van der Waals surface area contributed by atoms with Gasteiger partial charge < -0.3 is 10.6 Å². The lowest BCUT2D eigenvalue weighted by atomic mass is 10.0. The molecular formula is C20H22N4O4. The second-order valence-electron chi connectivity index (χ2n) is 8.02. The monoisotopic (exact) mass is 382 g/mol. The van der Waals surface area contributed by atoms with Gasteiger partial charge >= 0.3 is 0 Å². The minimum absolute atomic E-state index is 0.122. The molecule has 1 saturated carbocycles. The number of hydrogen-bond donors (Lipinski definition) is 3. The molecule has 4 atom stereocenters. The van der Waals surface area contributed by atoms with Gasteiger partial charge in [0.15, 0.2) is 0 Å². The van der Waals surface area contributed by atoms with E-state index in [4.69, 9.17) is 0 Å². The van der Waals surface area contributed by atoms with Crippen LogP contribution < -0.4 is 16.0 Å². The Bertz CT molecular complexity index is 898. The summed E-state index contributed by atoms with van der Waals surface area (Å²) in [6.45, 7) is 1.51. The molecule has 3 aliphatic heterocycles. The number of piperidine rings is 2. The molecule has 5 rings (SSSR count). The topological polar surface area (TPSA) is 108 Å². The first-order valence-corrected chi connectivity index (χ1v) is 9.85. The lowest BCUT2D eigenvalue weighted by Gasteiger charge is -2.28. The van der Waals surface area contributed by atoms with Gasteiger partial charge in [-0.25, -0.2) is 0 Å². The summed E-state index contributed by atoms with van der Waals surface area (Å²) >= 11 is 0. The maximum Gasteiger partial charge on any atom is 0.262 e. The summed E-state index contributed by atoms with van der Waals surface area (Å²) in [6.07, 6.45) is 2.52. The number of imide groups is 2. The standard InChI is InChI=1S/C20H22N4O4/c25-16-5-4-15(18(26)23-16)24-19(27)11-3-1-2-10(17(11)20(24)28)9-22-13-6-7-21-14-8-12(13)14/h1-3,12-15,21-22H,4-9H2,(H,23,25,26). The van der Waals surface area contributed by atoms with Crippen LogP contribution in [0.1, 0.15) is 52.0 Å². The van der Waals surface area contributed by atoms with E-state index < -0.39 is 23.8 Å². The number of fused-ring (bicyclic) bond motifs is 2. The van der Waals surface area contributed by atoms with Crippen molar-refractivity contribution < 1.29 is 19.2 Å². The molecule has 0 spiro atoms. The van der Waals surface area contributed by atoms with E-state index in [-0.39, 0.29) is 18.7 Å². The zero-order chi connectivity index (χ0) is 19.4. The molecule has 0 bridgehead atoms. The van der Waals surface area contributed by atoms with Crippen molar-refractivity contribution in [2.24, 2.45) is 5.92 Å². The van der Waals surface area contributed by atoms with Crippen molar-refractivity contribution in [3.8, 4) is 0 Å². The molecule has 3 heterocycles. The maximum absolute atomic E-state index is 13.1. The molecule has 4 aliphatic rings. The number of nitrogens with one attached hydrogen (secondary N) is 3. The second-order valence-corrected chi connectivity index (χ2v) is 8.02. The van der Waals surface area contributed by atoms with Crippen LogP contribution in [0.2, 0.25) is 0 Å². The molecule has 1 aromatic rings. The Morgan fingerprint density at radius 2 is 1.96 bits per heavy atom. The third-order valence-corrected chi connectivity index (χ3v) is 6.33. The number of carbonyl (C=O) groups is 4. The zero-order valence-electron chi connectivity index (χ0n) is 15.4. The predicted molar refractivity (Wildman–Crippen MR) is 98.3 cm³/mol. The molecule has 4 amide bonds. The van der Waals surface area contributed by atoms with Gasteiger partial charge in [0.25, 0.3) is 11.8 Å². The Morgan fingerprint density at radius 1 is 1.11 bits per heavy atom. The largest absolute Gasteiger partial charge is 0.314 e. The van der Waals surface area contributed by atoms with Crippen LogP contribution in [0.5, 0.6) is 0 Å². The van der Waals surface area contributed by atoms with Crippen molar-refractivity contribution in [3.05, 3.63) is 34.9 Å². The molecule has 8 nitrogen and oxygen atoms in total. The Morgan fingerprint density at radius 3 is 2.79 bits per heavy atom. The van der Waals surface area contributed by atoms with Crippen LogP contribution in [0.15, 0.2) is 18.2 Å². The average Bonchev–Trinajstić information content (AvgIpc) is 3.43. The maximum atomic E-state index is 13.1. The number of carbonyl (C=O) groups excluding carboxylic acids is 4. The summed E-state index contributed by atoms with van der Waals surface area (Å²) < 4.78 is 0. The summed E-state index contributed by atoms with van der Waals surface area (Å²) in [4.78, 5) is 50.6. The van der Waals surface area contributed by atoms with Gasteiger partial charge in [-0.3, -0.25) is 29.4 Å². The number of hydrogen-bond acceptors (Lipinski definition) is 6. The van der Waals surface area contributed by atoms with Crippen molar-refractivity contribution in [1.29, 1.82) is 0 Å². The quantitative estimate of drug-likeness (QED) is 0.629. The molecule has 3 fully saturated rings. The van der Waals surface area contributed by atoms with Crippen molar-refractivity contribution in [2.75, 3.05) is 6.54 Å². The van der Waals surface area contributed by atoms with Crippen LogP contribution in [0, 0.1) is 5.92 Å².